The molecule has 8 heteroatoms. The van der Waals surface area contributed by atoms with Crippen molar-refractivity contribution in [1.82, 2.24) is 15.1 Å². The Balaban J connectivity index is 1.53. The summed E-state index contributed by atoms with van der Waals surface area (Å²) in [6, 6.07) is 6.65. The van der Waals surface area contributed by atoms with Crippen LogP contribution in [0, 0.1) is 0 Å². The average Bonchev–Trinajstić information content (AvgIpc) is 2.85. The number of hydrogen-bond donors (Lipinski definition) is 1. The first kappa shape index (κ1) is 16.5. The first-order valence-electron chi connectivity index (χ1n) is 7.69. The summed E-state index contributed by atoms with van der Waals surface area (Å²) in [4.78, 5) is 39.4. The first-order chi connectivity index (χ1) is 11.6. The number of nitrogens with one attached hydrogen (secondary N) is 1. The summed E-state index contributed by atoms with van der Waals surface area (Å²) in [5.41, 5.74) is 0.762. The normalized spacial score (nSPS) is 17.0. The van der Waals surface area contributed by atoms with Gasteiger partial charge in [-0.3, -0.25) is 19.3 Å². The van der Waals surface area contributed by atoms with Crippen molar-refractivity contribution in [2.24, 2.45) is 0 Å². The third kappa shape index (κ3) is 3.29. The molecule has 24 heavy (non-hydrogen) atoms. The van der Waals surface area contributed by atoms with Gasteiger partial charge in [0.25, 0.3) is 11.8 Å². The lowest BCUT2D eigenvalue weighted by molar-refractivity contribution is -0.119. The van der Waals surface area contributed by atoms with E-state index in [0.717, 1.165) is 4.90 Å². The van der Waals surface area contributed by atoms with Crippen molar-refractivity contribution < 1.29 is 19.1 Å². The predicted octanol–water partition coefficient (Wildman–Crippen LogP) is 0.406. The van der Waals surface area contributed by atoms with Crippen molar-refractivity contribution in [3.8, 4) is 0 Å². The van der Waals surface area contributed by atoms with Crippen LogP contribution >= 0.6 is 12.2 Å². The Bertz CT molecular complexity index is 665. The van der Waals surface area contributed by atoms with Gasteiger partial charge in [0.1, 0.15) is 0 Å². The molecule has 1 saturated heterocycles. The minimum Gasteiger partial charge on any atom is -0.378 e. The second-order valence-corrected chi connectivity index (χ2v) is 5.90. The van der Waals surface area contributed by atoms with Crippen LogP contribution in [0.3, 0.4) is 0 Å². The van der Waals surface area contributed by atoms with Crippen LogP contribution in [0.25, 0.3) is 0 Å². The van der Waals surface area contributed by atoms with Crippen LogP contribution in [-0.2, 0) is 9.53 Å². The molecule has 7 nitrogen and oxygen atoms in total. The Labute approximate surface area is 144 Å². The maximum Gasteiger partial charge on any atom is 0.261 e. The summed E-state index contributed by atoms with van der Waals surface area (Å²) in [5.74, 6) is -1.04. The van der Waals surface area contributed by atoms with Gasteiger partial charge < -0.3 is 15.0 Å². The van der Waals surface area contributed by atoms with Crippen molar-refractivity contribution in [2.75, 3.05) is 32.8 Å². The number of carbonyl (C=O) groups is 3. The number of imide groups is 1. The highest BCUT2D eigenvalue weighted by Crippen LogP contribution is 2.22. The molecule has 0 saturated carbocycles. The zero-order chi connectivity index (χ0) is 17.1. The Kier molecular flexibility index (Phi) is 4.86. The van der Waals surface area contributed by atoms with Crippen molar-refractivity contribution in [3.05, 3.63) is 35.4 Å². The maximum absolute atomic E-state index is 12.2. The van der Waals surface area contributed by atoms with Gasteiger partial charge in [-0.05, 0) is 24.4 Å². The number of benzene rings is 1. The molecule has 0 atom stereocenters. The van der Waals surface area contributed by atoms with E-state index < -0.39 is 0 Å². The van der Waals surface area contributed by atoms with Gasteiger partial charge >= 0.3 is 0 Å². The SMILES string of the molecule is O=C(CCN1C(=O)c2ccccc2C1=O)NC(=S)N1CCOCC1. The molecule has 0 aliphatic carbocycles. The van der Waals surface area contributed by atoms with Gasteiger partial charge in [0, 0.05) is 26.1 Å². The number of carbonyl (C=O) groups excluding carboxylic acids is 3. The Morgan fingerprint density at radius 3 is 2.29 bits per heavy atom. The van der Waals surface area contributed by atoms with Crippen LogP contribution in [0.5, 0.6) is 0 Å². The molecule has 0 aromatic heterocycles. The van der Waals surface area contributed by atoms with Gasteiger partial charge in [-0.2, -0.15) is 0 Å². The van der Waals surface area contributed by atoms with Gasteiger partial charge in [-0.15, -0.1) is 0 Å². The van der Waals surface area contributed by atoms with Gasteiger partial charge in [0.05, 0.1) is 24.3 Å². The molecular weight excluding hydrogens is 330 g/mol. The molecule has 0 spiro atoms. The topological polar surface area (TPSA) is 79.0 Å². The van der Waals surface area contributed by atoms with E-state index in [1.807, 2.05) is 4.90 Å². The maximum atomic E-state index is 12.2. The summed E-state index contributed by atoms with van der Waals surface area (Å²) >= 11 is 5.19. The fourth-order valence-electron chi connectivity index (χ4n) is 2.68. The molecule has 1 aromatic carbocycles. The number of amides is 3. The molecule has 126 valence electrons. The lowest BCUT2D eigenvalue weighted by atomic mass is 10.1. The van der Waals surface area contributed by atoms with Crippen LogP contribution in [0.1, 0.15) is 27.1 Å². The zero-order valence-electron chi connectivity index (χ0n) is 13.0. The molecule has 1 N–H and O–H groups in total. The van der Waals surface area contributed by atoms with Crippen molar-refractivity contribution >= 4 is 35.1 Å². The van der Waals surface area contributed by atoms with E-state index >= 15 is 0 Å². The van der Waals surface area contributed by atoms with E-state index in [2.05, 4.69) is 5.32 Å². The largest absolute Gasteiger partial charge is 0.378 e. The molecular formula is C16H17N3O4S. The van der Waals surface area contributed by atoms with Crippen LogP contribution in [0.15, 0.2) is 24.3 Å². The highest BCUT2D eigenvalue weighted by Gasteiger charge is 2.35. The average molecular weight is 347 g/mol. The molecule has 2 aliphatic heterocycles. The van der Waals surface area contributed by atoms with E-state index in [1.165, 1.54) is 0 Å². The van der Waals surface area contributed by atoms with Gasteiger partial charge in [-0.1, -0.05) is 12.1 Å². The molecule has 2 aliphatic rings. The number of thiocarbonyl (C=S) groups is 1. The monoisotopic (exact) mass is 347 g/mol. The van der Waals surface area contributed by atoms with E-state index in [1.54, 1.807) is 24.3 Å². The van der Waals surface area contributed by atoms with Crippen molar-refractivity contribution in [1.29, 1.82) is 0 Å². The van der Waals surface area contributed by atoms with Crippen LogP contribution in [0.2, 0.25) is 0 Å². The highest BCUT2D eigenvalue weighted by molar-refractivity contribution is 7.80. The molecule has 3 amide bonds. The highest BCUT2D eigenvalue weighted by atomic mass is 32.1. The number of nitrogens with zero attached hydrogens (tertiary/aromatic N) is 2. The van der Waals surface area contributed by atoms with Crippen LogP contribution in [-0.4, -0.2) is 65.5 Å². The third-order valence-corrected chi connectivity index (χ3v) is 4.35. The fraction of sp³-hybridized carbons (Fsp3) is 0.375. The zero-order valence-corrected chi connectivity index (χ0v) is 13.8. The molecule has 2 heterocycles. The Hall–Kier alpha value is -2.32. The molecule has 1 aromatic rings. The summed E-state index contributed by atoms with van der Waals surface area (Å²) in [5, 5.41) is 2.99. The lowest BCUT2D eigenvalue weighted by Gasteiger charge is -2.29. The molecule has 1 fully saturated rings. The van der Waals surface area contributed by atoms with Crippen LogP contribution < -0.4 is 5.32 Å². The van der Waals surface area contributed by atoms with E-state index in [-0.39, 0.29) is 30.7 Å². The van der Waals surface area contributed by atoms with Crippen molar-refractivity contribution in [3.63, 3.8) is 0 Å². The number of ether oxygens (including phenoxy) is 1. The number of hydrogen-bond acceptors (Lipinski definition) is 5. The first-order valence-corrected chi connectivity index (χ1v) is 8.10. The van der Waals surface area contributed by atoms with E-state index in [9.17, 15) is 14.4 Å². The molecule has 0 bridgehead atoms. The molecule has 0 radical (unpaired) electrons. The summed E-state index contributed by atoms with van der Waals surface area (Å²) < 4.78 is 5.23. The smallest absolute Gasteiger partial charge is 0.261 e. The minimum absolute atomic E-state index is 0.00987. The fourth-order valence-corrected chi connectivity index (χ4v) is 2.98. The predicted molar refractivity (Wildman–Crippen MR) is 89.6 cm³/mol. The third-order valence-electron chi connectivity index (χ3n) is 3.99. The van der Waals surface area contributed by atoms with E-state index in [0.29, 0.717) is 42.5 Å². The summed E-state index contributed by atoms with van der Waals surface area (Å²) in [7, 11) is 0. The van der Waals surface area contributed by atoms with E-state index in [4.69, 9.17) is 17.0 Å². The second-order valence-electron chi connectivity index (χ2n) is 5.51. The molecule has 0 unspecified atom stereocenters. The lowest BCUT2D eigenvalue weighted by Crippen LogP contribution is -2.48. The van der Waals surface area contributed by atoms with Crippen molar-refractivity contribution in [2.45, 2.75) is 6.42 Å². The quantitative estimate of drug-likeness (QED) is 0.630. The van der Waals surface area contributed by atoms with Crippen LogP contribution in [0.4, 0.5) is 0 Å². The standard InChI is InChI=1S/C16H17N3O4S/c20-13(17-16(24)18-7-9-23-10-8-18)5-6-19-14(21)11-3-1-2-4-12(11)15(19)22/h1-4H,5-10H2,(H,17,20,24). The van der Waals surface area contributed by atoms with Gasteiger partial charge in [0.15, 0.2) is 5.11 Å². The summed E-state index contributed by atoms with van der Waals surface area (Å²) in [6.45, 7) is 2.45. The number of fused-ring (bicyclic) bond motifs is 1. The Morgan fingerprint density at radius 2 is 1.71 bits per heavy atom. The van der Waals surface area contributed by atoms with Gasteiger partial charge in [-0.25, -0.2) is 0 Å². The number of morpholine rings is 1. The Morgan fingerprint density at radius 1 is 1.12 bits per heavy atom. The minimum atomic E-state index is -0.362. The molecule has 3 rings (SSSR count). The summed E-state index contributed by atoms with van der Waals surface area (Å²) in [6.07, 6.45) is 0.00987. The van der Waals surface area contributed by atoms with Gasteiger partial charge in [0.2, 0.25) is 5.91 Å². The second kappa shape index (κ2) is 7.06. The number of rotatable bonds is 3.